The molecule has 3 rings (SSSR count). The third kappa shape index (κ3) is 2.14. The first kappa shape index (κ1) is 11.0. The molecule has 0 atom stereocenters. The monoisotopic (exact) mass is 233 g/mol. The van der Waals surface area contributed by atoms with Crippen LogP contribution < -0.4 is 5.32 Å². The Morgan fingerprint density at radius 3 is 2.82 bits per heavy atom. The lowest BCUT2D eigenvalue weighted by Crippen LogP contribution is -2.21. The van der Waals surface area contributed by atoms with Gasteiger partial charge in [0.2, 0.25) is 0 Å². The second kappa shape index (κ2) is 4.26. The molecule has 0 saturated heterocycles. The minimum Gasteiger partial charge on any atom is -0.396 e. The Morgan fingerprint density at radius 1 is 1.24 bits per heavy atom. The van der Waals surface area contributed by atoms with Crippen molar-refractivity contribution in [3.05, 3.63) is 17.6 Å². The van der Waals surface area contributed by atoms with Crippen molar-refractivity contribution in [2.24, 2.45) is 5.41 Å². The Bertz CT molecular complexity index is 415. The fourth-order valence-corrected chi connectivity index (χ4v) is 2.51. The van der Waals surface area contributed by atoms with Crippen molar-refractivity contribution in [2.45, 2.75) is 38.5 Å². The highest BCUT2D eigenvalue weighted by Crippen LogP contribution is 2.45. The van der Waals surface area contributed by atoms with Gasteiger partial charge in [-0.05, 0) is 38.5 Å². The van der Waals surface area contributed by atoms with Gasteiger partial charge in [0.05, 0.1) is 6.61 Å². The topological polar surface area (TPSA) is 58.0 Å². The summed E-state index contributed by atoms with van der Waals surface area (Å²) in [5.41, 5.74) is 2.64. The lowest BCUT2D eigenvalue weighted by molar-refractivity contribution is 0.219. The van der Waals surface area contributed by atoms with E-state index in [2.05, 4.69) is 15.3 Å². The maximum Gasteiger partial charge on any atom is 0.132 e. The maximum absolute atomic E-state index is 9.30. The smallest absolute Gasteiger partial charge is 0.132 e. The Morgan fingerprint density at radius 2 is 2.06 bits per heavy atom. The Hall–Kier alpha value is -1.16. The molecule has 4 nitrogen and oxygen atoms in total. The van der Waals surface area contributed by atoms with Crippen LogP contribution in [-0.4, -0.2) is 28.2 Å². The number of hydrogen-bond donors (Lipinski definition) is 2. The van der Waals surface area contributed by atoms with Gasteiger partial charge in [0.15, 0.2) is 0 Å². The van der Waals surface area contributed by atoms with Crippen molar-refractivity contribution in [3.8, 4) is 0 Å². The molecule has 0 radical (unpaired) electrons. The summed E-state index contributed by atoms with van der Waals surface area (Å²) in [6, 6.07) is 0. The van der Waals surface area contributed by atoms with E-state index in [0.717, 1.165) is 38.0 Å². The Kier molecular flexibility index (Phi) is 2.74. The highest BCUT2D eigenvalue weighted by Gasteiger charge is 2.41. The van der Waals surface area contributed by atoms with E-state index in [1.807, 2.05) is 0 Å². The molecule has 1 heterocycles. The third-order valence-electron chi connectivity index (χ3n) is 4.05. The lowest BCUT2D eigenvalue weighted by Gasteiger charge is -2.20. The van der Waals surface area contributed by atoms with Gasteiger partial charge >= 0.3 is 0 Å². The predicted octanol–water partition coefficient (Wildman–Crippen LogP) is 1.54. The average molecular weight is 233 g/mol. The highest BCUT2D eigenvalue weighted by atomic mass is 16.3. The van der Waals surface area contributed by atoms with Crippen LogP contribution in [0.25, 0.3) is 0 Å². The number of nitrogens with one attached hydrogen (secondary N) is 1. The van der Waals surface area contributed by atoms with Gasteiger partial charge < -0.3 is 10.4 Å². The largest absolute Gasteiger partial charge is 0.396 e. The summed E-state index contributed by atoms with van der Waals surface area (Å²) >= 11 is 0. The minimum absolute atomic E-state index is 0.131. The molecule has 2 N–H and O–H groups in total. The first-order chi connectivity index (χ1) is 8.33. The quantitative estimate of drug-likeness (QED) is 0.828. The number of nitrogens with zero attached hydrogens (tertiary/aromatic N) is 2. The molecule has 0 bridgehead atoms. The zero-order valence-electron chi connectivity index (χ0n) is 10.1. The molecule has 1 fully saturated rings. The molecule has 2 aliphatic rings. The molecule has 0 amide bonds. The molecule has 0 aromatic carbocycles. The number of hydrogen-bond acceptors (Lipinski definition) is 4. The van der Waals surface area contributed by atoms with Gasteiger partial charge in [-0.15, -0.1) is 0 Å². The maximum atomic E-state index is 9.30. The van der Waals surface area contributed by atoms with Gasteiger partial charge in [0, 0.05) is 23.2 Å². The van der Waals surface area contributed by atoms with Crippen LogP contribution >= 0.6 is 0 Å². The number of anilines is 1. The number of rotatable bonds is 4. The fraction of sp³-hybridized carbons (Fsp3) is 0.692. The summed E-state index contributed by atoms with van der Waals surface area (Å²) in [6.45, 7) is 1.13. The summed E-state index contributed by atoms with van der Waals surface area (Å²) < 4.78 is 0. The predicted molar refractivity (Wildman–Crippen MR) is 65.9 cm³/mol. The highest BCUT2D eigenvalue weighted by molar-refractivity contribution is 5.47. The average Bonchev–Trinajstić information content (AvgIpc) is 3.17. The number of aliphatic hydroxyl groups is 1. The molecule has 0 spiro atoms. The molecule has 92 valence electrons. The van der Waals surface area contributed by atoms with E-state index in [0.29, 0.717) is 0 Å². The van der Waals surface area contributed by atoms with Crippen LogP contribution in [0.4, 0.5) is 5.82 Å². The number of aryl methyl sites for hydroxylation is 1. The zero-order valence-corrected chi connectivity index (χ0v) is 10.1. The van der Waals surface area contributed by atoms with Crippen LogP contribution in [0.2, 0.25) is 0 Å². The van der Waals surface area contributed by atoms with Gasteiger partial charge in [-0.3, -0.25) is 0 Å². The molecule has 17 heavy (non-hydrogen) atoms. The standard InChI is InChI=1S/C13H19N3O/c17-8-13(5-6-13)7-14-12-10-3-1-2-4-11(10)15-9-16-12/h9,17H,1-8H2,(H,14,15,16). The van der Waals surface area contributed by atoms with Crippen molar-refractivity contribution in [3.63, 3.8) is 0 Å². The van der Waals surface area contributed by atoms with E-state index in [-0.39, 0.29) is 12.0 Å². The van der Waals surface area contributed by atoms with Crippen molar-refractivity contribution < 1.29 is 5.11 Å². The van der Waals surface area contributed by atoms with Gasteiger partial charge in [-0.25, -0.2) is 9.97 Å². The molecular formula is C13H19N3O. The van der Waals surface area contributed by atoms with Crippen LogP contribution in [0.15, 0.2) is 6.33 Å². The van der Waals surface area contributed by atoms with Crippen LogP contribution in [0.3, 0.4) is 0 Å². The van der Waals surface area contributed by atoms with E-state index in [1.165, 1.54) is 24.1 Å². The molecular weight excluding hydrogens is 214 g/mol. The SMILES string of the molecule is OCC1(CNc2ncnc3c2CCCC3)CC1. The number of fused-ring (bicyclic) bond motifs is 1. The summed E-state index contributed by atoms with van der Waals surface area (Å²) in [5.74, 6) is 0.995. The van der Waals surface area contributed by atoms with E-state index in [9.17, 15) is 5.11 Å². The van der Waals surface area contributed by atoms with Gasteiger partial charge in [-0.1, -0.05) is 0 Å². The molecule has 0 aliphatic heterocycles. The van der Waals surface area contributed by atoms with Crippen molar-refractivity contribution >= 4 is 5.82 Å². The van der Waals surface area contributed by atoms with Crippen LogP contribution in [0.1, 0.15) is 36.9 Å². The van der Waals surface area contributed by atoms with Gasteiger partial charge in [0.1, 0.15) is 12.1 Å². The summed E-state index contributed by atoms with van der Waals surface area (Å²) in [6.07, 6.45) is 8.56. The molecule has 1 aromatic heterocycles. The first-order valence-corrected chi connectivity index (χ1v) is 6.50. The van der Waals surface area contributed by atoms with Crippen LogP contribution in [-0.2, 0) is 12.8 Å². The van der Waals surface area contributed by atoms with Crippen molar-refractivity contribution in [1.29, 1.82) is 0 Å². The lowest BCUT2D eigenvalue weighted by atomic mass is 9.96. The summed E-state index contributed by atoms with van der Waals surface area (Å²) in [7, 11) is 0. The molecule has 1 saturated carbocycles. The van der Waals surface area contributed by atoms with Crippen molar-refractivity contribution in [2.75, 3.05) is 18.5 Å². The summed E-state index contributed by atoms with van der Waals surface area (Å²) in [4.78, 5) is 8.71. The minimum atomic E-state index is 0.131. The second-order valence-corrected chi connectivity index (χ2v) is 5.37. The van der Waals surface area contributed by atoms with E-state index in [4.69, 9.17) is 0 Å². The van der Waals surface area contributed by atoms with Gasteiger partial charge in [0.25, 0.3) is 0 Å². The summed E-state index contributed by atoms with van der Waals surface area (Å²) in [5, 5.41) is 12.7. The molecule has 0 unspecified atom stereocenters. The molecule has 1 aromatic rings. The second-order valence-electron chi connectivity index (χ2n) is 5.37. The first-order valence-electron chi connectivity index (χ1n) is 6.50. The van der Waals surface area contributed by atoms with Gasteiger partial charge in [-0.2, -0.15) is 0 Å². The normalized spacial score (nSPS) is 20.8. The Labute approximate surface area is 101 Å². The number of aliphatic hydroxyl groups excluding tert-OH is 1. The van der Waals surface area contributed by atoms with Crippen LogP contribution in [0, 0.1) is 5.41 Å². The van der Waals surface area contributed by atoms with E-state index < -0.39 is 0 Å². The fourth-order valence-electron chi connectivity index (χ4n) is 2.51. The molecule has 2 aliphatic carbocycles. The zero-order chi connectivity index (χ0) is 11.7. The van der Waals surface area contributed by atoms with E-state index in [1.54, 1.807) is 6.33 Å². The van der Waals surface area contributed by atoms with E-state index >= 15 is 0 Å². The third-order valence-corrected chi connectivity index (χ3v) is 4.05. The van der Waals surface area contributed by atoms with Crippen LogP contribution in [0.5, 0.6) is 0 Å². The Balaban J connectivity index is 1.74. The number of aromatic nitrogens is 2. The molecule has 4 heteroatoms. The van der Waals surface area contributed by atoms with Crippen molar-refractivity contribution in [1.82, 2.24) is 9.97 Å².